The molecule has 0 aliphatic rings. The lowest BCUT2D eigenvalue weighted by atomic mass is 10.0. The first kappa shape index (κ1) is 32.4. The van der Waals surface area contributed by atoms with E-state index in [0.29, 0.717) is 11.4 Å². The second-order valence-corrected chi connectivity index (χ2v) is 11.0. The molecule has 0 spiro atoms. The molecule has 0 aliphatic carbocycles. The second kappa shape index (κ2) is 17.0. The summed E-state index contributed by atoms with van der Waals surface area (Å²) in [6.07, 6.45) is 13.1. The summed E-state index contributed by atoms with van der Waals surface area (Å²) in [5.41, 5.74) is 2.59. The quantitative estimate of drug-likeness (QED) is 0.0990. The van der Waals surface area contributed by atoms with Crippen molar-refractivity contribution in [2.75, 3.05) is 7.11 Å². The van der Waals surface area contributed by atoms with Crippen molar-refractivity contribution in [3.05, 3.63) is 77.6 Å². The largest absolute Gasteiger partial charge is 0.469 e. The number of aryl methyl sites for hydroxylation is 1. The molecule has 1 atom stereocenters. The van der Waals surface area contributed by atoms with E-state index in [-0.39, 0.29) is 17.7 Å². The van der Waals surface area contributed by atoms with Crippen LogP contribution in [0.15, 0.2) is 60.9 Å². The molecule has 0 N–H and O–H groups in total. The number of esters is 3. The number of methoxy groups -OCH3 is 1. The Morgan fingerprint density at radius 3 is 1.93 bits per heavy atom. The van der Waals surface area contributed by atoms with Crippen molar-refractivity contribution in [1.82, 2.24) is 9.97 Å². The normalized spacial score (nSPS) is 11.6. The maximum Gasteiger partial charge on any atom is 0.343 e. The van der Waals surface area contributed by atoms with Crippen LogP contribution in [0.3, 0.4) is 0 Å². The zero-order chi connectivity index (χ0) is 30.3. The van der Waals surface area contributed by atoms with Crippen LogP contribution >= 0.6 is 0 Å². The van der Waals surface area contributed by atoms with Crippen LogP contribution in [0.5, 0.6) is 5.75 Å². The topological polar surface area (TPSA) is 105 Å². The minimum absolute atomic E-state index is 0.0346. The van der Waals surface area contributed by atoms with Crippen LogP contribution in [0, 0.1) is 5.92 Å². The van der Waals surface area contributed by atoms with Crippen LogP contribution in [0.2, 0.25) is 0 Å². The van der Waals surface area contributed by atoms with Crippen LogP contribution in [0.25, 0.3) is 11.4 Å². The van der Waals surface area contributed by atoms with Gasteiger partial charge in [0.1, 0.15) is 11.9 Å². The Morgan fingerprint density at radius 1 is 0.738 bits per heavy atom. The monoisotopic (exact) mass is 574 g/mol. The molecule has 8 heteroatoms. The van der Waals surface area contributed by atoms with Crippen LogP contribution < -0.4 is 4.74 Å². The van der Waals surface area contributed by atoms with Crippen molar-refractivity contribution in [3.63, 3.8) is 0 Å². The molecule has 8 nitrogen and oxygen atoms in total. The molecule has 0 bridgehead atoms. The van der Waals surface area contributed by atoms with E-state index in [1.54, 1.807) is 31.2 Å². The molecule has 42 heavy (non-hydrogen) atoms. The van der Waals surface area contributed by atoms with Gasteiger partial charge in [0.2, 0.25) is 0 Å². The summed E-state index contributed by atoms with van der Waals surface area (Å²) < 4.78 is 15.3. The molecule has 0 saturated heterocycles. The molecule has 0 fully saturated rings. The van der Waals surface area contributed by atoms with E-state index in [0.717, 1.165) is 29.9 Å². The number of aromatic nitrogens is 2. The van der Waals surface area contributed by atoms with Crippen molar-refractivity contribution in [3.8, 4) is 17.1 Å². The highest BCUT2D eigenvalue weighted by Crippen LogP contribution is 2.19. The zero-order valence-corrected chi connectivity index (χ0v) is 25.1. The number of hydrogen-bond donors (Lipinski definition) is 0. The van der Waals surface area contributed by atoms with E-state index in [4.69, 9.17) is 9.47 Å². The summed E-state index contributed by atoms with van der Waals surface area (Å²) >= 11 is 0. The molecule has 3 rings (SSSR count). The van der Waals surface area contributed by atoms with Gasteiger partial charge < -0.3 is 14.2 Å². The first-order valence-corrected chi connectivity index (χ1v) is 14.8. The average Bonchev–Trinajstić information content (AvgIpc) is 2.99. The number of rotatable bonds is 16. The van der Waals surface area contributed by atoms with Gasteiger partial charge in [-0.3, -0.25) is 4.79 Å². The van der Waals surface area contributed by atoms with E-state index in [9.17, 15) is 14.4 Å². The van der Waals surface area contributed by atoms with E-state index in [2.05, 4.69) is 28.6 Å². The molecule has 1 aromatic heterocycles. The number of unbranched alkanes of at least 4 members (excludes halogenated alkanes) is 5. The number of hydrogen-bond acceptors (Lipinski definition) is 8. The lowest BCUT2D eigenvalue weighted by molar-refractivity contribution is -0.142. The van der Waals surface area contributed by atoms with Crippen molar-refractivity contribution in [1.29, 1.82) is 0 Å². The fourth-order valence-corrected chi connectivity index (χ4v) is 4.41. The molecule has 1 heterocycles. The number of carbonyl (C=O) groups is 3. The molecule has 0 unspecified atom stereocenters. The third kappa shape index (κ3) is 11.1. The molecule has 2 aromatic carbocycles. The molecule has 0 aliphatic heterocycles. The van der Waals surface area contributed by atoms with Gasteiger partial charge in [-0.2, -0.15) is 0 Å². The van der Waals surface area contributed by atoms with Gasteiger partial charge in [0.05, 0.1) is 24.7 Å². The van der Waals surface area contributed by atoms with Gasteiger partial charge >= 0.3 is 17.9 Å². The van der Waals surface area contributed by atoms with Gasteiger partial charge in [0, 0.05) is 18.0 Å². The Morgan fingerprint density at radius 2 is 1.31 bits per heavy atom. The number of carbonyl (C=O) groups excluding carboxylic acids is 3. The number of nitrogens with zero attached hydrogens (tertiary/aromatic N) is 2. The lowest BCUT2D eigenvalue weighted by Gasteiger charge is -2.12. The fraction of sp³-hybridized carbons (Fsp3) is 0.441. The van der Waals surface area contributed by atoms with Crippen LogP contribution in [0.4, 0.5) is 0 Å². The maximum atomic E-state index is 12.6. The van der Waals surface area contributed by atoms with Crippen LogP contribution in [0.1, 0.15) is 98.4 Å². The van der Waals surface area contributed by atoms with Gasteiger partial charge in [0.25, 0.3) is 0 Å². The molecule has 0 radical (unpaired) electrons. The molecular formula is C34H42N2O6. The van der Waals surface area contributed by atoms with Gasteiger partial charge in [0.15, 0.2) is 5.82 Å². The SMILES string of the molecule is COC(=O)C[C@@H](C)OC(=O)c1ccc(OC(=O)c2ccc(-c3ncc(CCCCCCCCC(C)C)cn3)cc2)cc1. The Hall–Kier alpha value is -4.07. The minimum Gasteiger partial charge on any atom is -0.469 e. The summed E-state index contributed by atoms with van der Waals surface area (Å²) in [5.74, 6) is 0.115. The van der Waals surface area contributed by atoms with E-state index < -0.39 is 24.0 Å². The van der Waals surface area contributed by atoms with E-state index in [1.165, 1.54) is 69.9 Å². The summed E-state index contributed by atoms with van der Waals surface area (Å²) in [4.78, 5) is 45.3. The summed E-state index contributed by atoms with van der Waals surface area (Å²) in [6.45, 7) is 6.17. The van der Waals surface area contributed by atoms with E-state index >= 15 is 0 Å². The highest BCUT2D eigenvalue weighted by Gasteiger charge is 2.16. The highest BCUT2D eigenvalue weighted by molar-refractivity contribution is 5.92. The van der Waals surface area contributed by atoms with Crippen LogP contribution in [-0.2, 0) is 20.7 Å². The maximum absolute atomic E-state index is 12.6. The third-order valence-electron chi connectivity index (χ3n) is 6.87. The number of benzene rings is 2. The summed E-state index contributed by atoms with van der Waals surface area (Å²) in [7, 11) is 1.27. The Balaban J connectivity index is 1.43. The molecule has 224 valence electrons. The Kier molecular flexibility index (Phi) is 13.1. The Labute approximate surface area is 248 Å². The van der Waals surface area contributed by atoms with Crippen molar-refractivity contribution < 1.29 is 28.6 Å². The minimum atomic E-state index is -0.627. The number of ether oxygens (including phenoxy) is 3. The van der Waals surface area contributed by atoms with Gasteiger partial charge in [-0.1, -0.05) is 64.5 Å². The molecule has 0 saturated carbocycles. The molecular weight excluding hydrogens is 532 g/mol. The van der Waals surface area contributed by atoms with Gasteiger partial charge in [-0.15, -0.1) is 0 Å². The predicted octanol–water partition coefficient (Wildman–Crippen LogP) is 7.40. The lowest BCUT2D eigenvalue weighted by Crippen LogP contribution is -2.19. The van der Waals surface area contributed by atoms with Crippen molar-refractivity contribution in [2.24, 2.45) is 5.92 Å². The van der Waals surface area contributed by atoms with Crippen molar-refractivity contribution in [2.45, 2.75) is 84.7 Å². The first-order valence-electron chi connectivity index (χ1n) is 14.8. The zero-order valence-electron chi connectivity index (χ0n) is 25.1. The highest BCUT2D eigenvalue weighted by atomic mass is 16.6. The fourth-order valence-electron chi connectivity index (χ4n) is 4.41. The molecule has 3 aromatic rings. The smallest absolute Gasteiger partial charge is 0.343 e. The standard InChI is InChI=1S/C34H42N2O6/c1-24(2)11-9-7-5-6-8-10-12-26-22-35-32(36-23-26)27-13-15-28(16-14-27)34(39)42-30-19-17-29(18-20-30)33(38)41-25(3)21-31(37)40-4/h13-20,22-25H,5-12,21H2,1-4H3/t25-/m1/s1. The average molecular weight is 575 g/mol. The second-order valence-electron chi connectivity index (χ2n) is 11.0. The summed E-state index contributed by atoms with van der Waals surface area (Å²) in [5, 5.41) is 0. The first-order chi connectivity index (χ1) is 20.2. The molecule has 0 amide bonds. The summed E-state index contributed by atoms with van der Waals surface area (Å²) in [6, 6.07) is 12.9. The van der Waals surface area contributed by atoms with Gasteiger partial charge in [-0.05, 0) is 67.6 Å². The Bertz CT molecular complexity index is 1270. The predicted molar refractivity (Wildman–Crippen MR) is 161 cm³/mol. The third-order valence-corrected chi connectivity index (χ3v) is 6.87. The van der Waals surface area contributed by atoms with Crippen molar-refractivity contribution >= 4 is 17.9 Å². The van der Waals surface area contributed by atoms with E-state index in [1.807, 2.05) is 12.4 Å². The van der Waals surface area contributed by atoms with Crippen LogP contribution in [-0.4, -0.2) is 41.1 Å². The van der Waals surface area contributed by atoms with Gasteiger partial charge in [-0.25, -0.2) is 19.6 Å².